The van der Waals surface area contributed by atoms with Gasteiger partial charge in [0.15, 0.2) is 0 Å². The van der Waals surface area contributed by atoms with Gasteiger partial charge in [-0.1, -0.05) is 0 Å². The third-order valence-electron chi connectivity index (χ3n) is 2.21. The zero-order chi connectivity index (χ0) is 7.68. The average Bonchev–Trinajstić information content (AvgIpc) is 2.06. The van der Waals surface area contributed by atoms with E-state index in [1.54, 1.807) is 0 Å². The average molecular weight is 158 g/mol. The van der Waals surface area contributed by atoms with E-state index in [0.29, 0.717) is 6.61 Å². The molecule has 0 spiro atoms. The van der Waals surface area contributed by atoms with E-state index in [2.05, 4.69) is 5.32 Å². The minimum absolute atomic E-state index is 0. The van der Waals surface area contributed by atoms with E-state index < -0.39 is 0 Å². The lowest BCUT2D eigenvalue weighted by atomic mass is 10.2. The molecule has 2 aliphatic rings. The minimum Gasteiger partial charge on any atom is -0.369 e. The SMILES string of the molecule is O=C1COC[C@H]2CNCCN12.[HH]. The summed E-state index contributed by atoms with van der Waals surface area (Å²) in [7, 11) is 0. The number of carbonyl (C=O) groups excluding carboxylic acids is 1. The van der Waals surface area contributed by atoms with E-state index in [-0.39, 0.29) is 20.0 Å². The van der Waals surface area contributed by atoms with Gasteiger partial charge < -0.3 is 15.0 Å². The van der Waals surface area contributed by atoms with Crippen LogP contribution in [0.15, 0.2) is 0 Å². The Balaban J connectivity index is 0.000000720. The van der Waals surface area contributed by atoms with Crippen LogP contribution in [0.4, 0.5) is 0 Å². The lowest BCUT2D eigenvalue weighted by Crippen LogP contribution is -2.59. The maximum atomic E-state index is 11.2. The van der Waals surface area contributed by atoms with Crippen LogP contribution in [0.5, 0.6) is 0 Å². The van der Waals surface area contributed by atoms with Crippen molar-refractivity contribution < 1.29 is 11.0 Å². The molecule has 2 heterocycles. The van der Waals surface area contributed by atoms with Gasteiger partial charge in [0.2, 0.25) is 5.91 Å². The largest absolute Gasteiger partial charge is 0.369 e. The summed E-state index contributed by atoms with van der Waals surface area (Å²) in [5.74, 6) is 0.141. The summed E-state index contributed by atoms with van der Waals surface area (Å²) in [6.07, 6.45) is 0. The van der Waals surface area contributed by atoms with E-state index in [9.17, 15) is 4.79 Å². The summed E-state index contributed by atoms with van der Waals surface area (Å²) in [6, 6.07) is 0.282. The molecule has 0 saturated carbocycles. The third kappa shape index (κ3) is 1.23. The van der Waals surface area contributed by atoms with E-state index in [1.807, 2.05) is 4.90 Å². The summed E-state index contributed by atoms with van der Waals surface area (Å²) in [6.45, 7) is 3.61. The monoisotopic (exact) mass is 158 g/mol. The Morgan fingerprint density at radius 2 is 2.64 bits per heavy atom. The van der Waals surface area contributed by atoms with E-state index in [4.69, 9.17) is 4.74 Å². The van der Waals surface area contributed by atoms with Crippen molar-refractivity contribution in [3.63, 3.8) is 0 Å². The molecule has 0 radical (unpaired) electrons. The van der Waals surface area contributed by atoms with Crippen LogP contribution in [0.1, 0.15) is 1.43 Å². The molecule has 4 heteroatoms. The zero-order valence-electron chi connectivity index (χ0n) is 6.38. The Kier molecular flexibility index (Phi) is 1.79. The number of carbonyl (C=O) groups is 1. The molecule has 1 atom stereocenters. The lowest BCUT2D eigenvalue weighted by Gasteiger charge is -2.39. The molecule has 0 aromatic carbocycles. The van der Waals surface area contributed by atoms with Crippen LogP contribution >= 0.6 is 0 Å². The number of ether oxygens (including phenoxy) is 1. The first-order valence-corrected chi connectivity index (χ1v) is 3.96. The van der Waals surface area contributed by atoms with Crippen LogP contribution in [0.3, 0.4) is 0 Å². The smallest absolute Gasteiger partial charge is 0.248 e. The fourth-order valence-electron chi connectivity index (χ4n) is 1.60. The van der Waals surface area contributed by atoms with Crippen molar-refractivity contribution in [3.8, 4) is 0 Å². The van der Waals surface area contributed by atoms with Gasteiger partial charge in [-0.05, 0) is 0 Å². The molecule has 0 aromatic rings. The van der Waals surface area contributed by atoms with Crippen molar-refractivity contribution in [3.05, 3.63) is 0 Å². The molecular weight excluding hydrogens is 144 g/mol. The van der Waals surface area contributed by atoms with Gasteiger partial charge in [-0.3, -0.25) is 4.79 Å². The van der Waals surface area contributed by atoms with Crippen molar-refractivity contribution in [1.29, 1.82) is 0 Å². The van der Waals surface area contributed by atoms with Gasteiger partial charge in [-0.15, -0.1) is 0 Å². The van der Waals surface area contributed by atoms with Gasteiger partial charge in [-0.2, -0.15) is 0 Å². The van der Waals surface area contributed by atoms with Gasteiger partial charge in [0, 0.05) is 21.1 Å². The second-order valence-corrected chi connectivity index (χ2v) is 2.96. The topological polar surface area (TPSA) is 41.6 Å². The summed E-state index contributed by atoms with van der Waals surface area (Å²) in [5, 5.41) is 3.23. The normalized spacial score (nSPS) is 31.8. The highest BCUT2D eigenvalue weighted by atomic mass is 16.5. The van der Waals surface area contributed by atoms with Gasteiger partial charge in [0.25, 0.3) is 0 Å². The van der Waals surface area contributed by atoms with E-state index in [0.717, 1.165) is 19.6 Å². The van der Waals surface area contributed by atoms with Crippen LogP contribution in [0.2, 0.25) is 0 Å². The molecule has 0 unspecified atom stereocenters. The molecule has 2 rings (SSSR count). The molecule has 2 saturated heterocycles. The third-order valence-corrected chi connectivity index (χ3v) is 2.21. The first-order valence-electron chi connectivity index (χ1n) is 3.96. The summed E-state index contributed by atoms with van der Waals surface area (Å²) in [5.41, 5.74) is 0. The number of morpholine rings is 1. The minimum atomic E-state index is 0. The Morgan fingerprint density at radius 1 is 1.73 bits per heavy atom. The second kappa shape index (κ2) is 2.79. The van der Waals surface area contributed by atoms with Gasteiger partial charge in [-0.25, -0.2) is 0 Å². The molecule has 1 N–H and O–H groups in total. The van der Waals surface area contributed by atoms with Gasteiger partial charge >= 0.3 is 0 Å². The lowest BCUT2D eigenvalue weighted by molar-refractivity contribution is -0.149. The molecule has 2 fully saturated rings. The summed E-state index contributed by atoms with van der Waals surface area (Å²) < 4.78 is 5.12. The molecule has 11 heavy (non-hydrogen) atoms. The van der Waals surface area contributed by atoms with Crippen LogP contribution in [0.25, 0.3) is 0 Å². The molecule has 1 amide bonds. The Hall–Kier alpha value is -0.610. The number of fused-ring (bicyclic) bond motifs is 1. The van der Waals surface area contributed by atoms with Gasteiger partial charge in [0.05, 0.1) is 12.6 Å². The number of nitrogens with zero attached hydrogens (tertiary/aromatic N) is 1. The van der Waals surface area contributed by atoms with Crippen molar-refractivity contribution in [2.45, 2.75) is 6.04 Å². The van der Waals surface area contributed by atoms with Crippen LogP contribution in [-0.4, -0.2) is 49.7 Å². The summed E-state index contributed by atoms with van der Waals surface area (Å²) >= 11 is 0. The number of hydrogen-bond donors (Lipinski definition) is 1. The highest BCUT2D eigenvalue weighted by molar-refractivity contribution is 5.78. The number of nitrogens with one attached hydrogen (secondary N) is 1. The molecule has 4 nitrogen and oxygen atoms in total. The predicted molar refractivity (Wildman–Crippen MR) is 41.3 cm³/mol. The Labute approximate surface area is 67.0 Å². The highest BCUT2D eigenvalue weighted by Crippen LogP contribution is 2.09. The standard InChI is InChI=1S/C7H12N2O2.H2/c10-7-5-11-4-6-3-8-1-2-9(6)7;/h6,8H,1-5H2;1H/t6-;/m1./s1. The first kappa shape index (κ1) is 7.06. The van der Waals surface area contributed by atoms with Crippen molar-refractivity contribution in [2.75, 3.05) is 32.8 Å². The second-order valence-electron chi connectivity index (χ2n) is 2.96. The fourth-order valence-corrected chi connectivity index (χ4v) is 1.60. The first-order chi connectivity index (χ1) is 5.38. The van der Waals surface area contributed by atoms with Crippen molar-refractivity contribution in [1.82, 2.24) is 10.2 Å². The molecule has 0 aliphatic carbocycles. The zero-order valence-corrected chi connectivity index (χ0v) is 6.38. The Bertz CT molecular complexity index is 175. The van der Waals surface area contributed by atoms with E-state index in [1.165, 1.54) is 0 Å². The number of hydrogen-bond acceptors (Lipinski definition) is 3. The maximum absolute atomic E-state index is 11.2. The molecule has 2 aliphatic heterocycles. The predicted octanol–water partition coefficient (Wildman–Crippen LogP) is -0.937. The molecule has 64 valence electrons. The van der Waals surface area contributed by atoms with Crippen molar-refractivity contribution >= 4 is 5.91 Å². The van der Waals surface area contributed by atoms with Crippen LogP contribution in [-0.2, 0) is 9.53 Å². The number of piperazine rings is 1. The van der Waals surface area contributed by atoms with Crippen LogP contribution < -0.4 is 5.32 Å². The highest BCUT2D eigenvalue weighted by Gasteiger charge is 2.30. The maximum Gasteiger partial charge on any atom is 0.248 e. The van der Waals surface area contributed by atoms with Crippen LogP contribution in [0, 0.1) is 0 Å². The Morgan fingerprint density at radius 3 is 3.45 bits per heavy atom. The van der Waals surface area contributed by atoms with E-state index >= 15 is 0 Å². The van der Waals surface area contributed by atoms with Gasteiger partial charge in [0.1, 0.15) is 6.61 Å². The quantitative estimate of drug-likeness (QED) is 0.495. The van der Waals surface area contributed by atoms with Crippen molar-refractivity contribution in [2.24, 2.45) is 0 Å². The molecule has 0 bridgehead atoms. The number of amides is 1. The molecule has 0 aromatic heterocycles. The number of rotatable bonds is 0. The fraction of sp³-hybridized carbons (Fsp3) is 0.857. The summed E-state index contributed by atoms with van der Waals surface area (Å²) in [4.78, 5) is 13.1. The molecular formula is C7H14N2O2.